The molecule has 3 rings (SSSR count). The van der Waals surface area contributed by atoms with Crippen LogP contribution in [0, 0.1) is 0 Å². The Morgan fingerprint density at radius 1 is 1.08 bits per heavy atom. The number of nitrogens with zero attached hydrogens (tertiary/aromatic N) is 1. The second kappa shape index (κ2) is 10.1. The number of nitrogens with one attached hydrogen (secondary N) is 1. The second-order valence-corrected chi connectivity index (χ2v) is 6.29. The molecule has 2 aromatic rings. The second-order valence-electron chi connectivity index (χ2n) is 5.31. The molecule has 4 nitrogen and oxygen atoms in total. The number of hydrogen-bond acceptors (Lipinski definition) is 5. The average Bonchev–Trinajstić information content (AvgIpc) is 3.10. The minimum Gasteiger partial charge on any atom is -0.497 e. The largest absolute Gasteiger partial charge is 0.497 e. The zero-order chi connectivity index (χ0) is 15.4. The van der Waals surface area contributed by atoms with Crippen molar-refractivity contribution in [3.8, 4) is 11.5 Å². The molecule has 1 aliphatic rings. The summed E-state index contributed by atoms with van der Waals surface area (Å²) in [6, 6.07) is 10.7. The van der Waals surface area contributed by atoms with Gasteiger partial charge in [0.05, 0.1) is 20.3 Å². The third kappa shape index (κ3) is 4.55. The van der Waals surface area contributed by atoms with Gasteiger partial charge in [0.15, 0.2) is 0 Å². The molecule has 0 bridgehead atoms. The molecule has 0 radical (unpaired) electrons. The first-order valence-electron chi connectivity index (χ1n) is 7.53. The molecule has 24 heavy (non-hydrogen) atoms. The van der Waals surface area contributed by atoms with Gasteiger partial charge < -0.3 is 14.8 Å². The van der Waals surface area contributed by atoms with Crippen LogP contribution in [0.5, 0.6) is 11.5 Å². The summed E-state index contributed by atoms with van der Waals surface area (Å²) in [4.78, 5) is 3.87. The number of piperazine rings is 1. The topological polar surface area (TPSA) is 33.7 Å². The molecule has 1 saturated heterocycles. The maximum Gasteiger partial charge on any atom is 0.127 e. The fourth-order valence-electron chi connectivity index (χ4n) is 2.96. The quantitative estimate of drug-likeness (QED) is 0.845. The Balaban J connectivity index is 0.00000144. The minimum atomic E-state index is 0. The monoisotopic (exact) mass is 390 g/mol. The van der Waals surface area contributed by atoms with E-state index < -0.39 is 0 Å². The lowest BCUT2D eigenvalue weighted by atomic mass is 10.0. The van der Waals surface area contributed by atoms with Gasteiger partial charge in [-0.15, -0.1) is 36.2 Å². The Labute approximate surface area is 160 Å². The fraction of sp³-hybridized carbons (Fsp3) is 0.412. The molecule has 1 aromatic heterocycles. The van der Waals surface area contributed by atoms with Crippen molar-refractivity contribution < 1.29 is 9.47 Å². The number of benzene rings is 1. The Hall–Kier alpha value is -0.980. The molecule has 1 N–H and O–H groups in total. The van der Waals surface area contributed by atoms with E-state index in [9.17, 15) is 0 Å². The first-order chi connectivity index (χ1) is 10.8. The highest BCUT2D eigenvalue weighted by atomic mass is 35.5. The average molecular weight is 391 g/mol. The van der Waals surface area contributed by atoms with Gasteiger partial charge in [-0.2, -0.15) is 0 Å². The van der Waals surface area contributed by atoms with E-state index >= 15 is 0 Å². The summed E-state index contributed by atoms with van der Waals surface area (Å²) in [5, 5.41) is 5.56. The van der Waals surface area contributed by atoms with Crippen LogP contribution in [0.15, 0.2) is 35.7 Å². The van der Waals surface area contributed by atoms with Gasteiger partial charge in [0.25, 0.3) is 0 Å². The lowest BCUT2D eigenvalue weighted by molar-refractivity contribution is 0.197. The van der Waals surface area contributed by atoms with Crippen molar-refractivity contribution in [2.75, 3.05) is 40.4 Å². The molecule has 2 heterocycles. The molecule has 0 unspecified atom stereocenters. The SMILES string of the molecule is COc1ccc([C@H](c2cccs2)N2CCNCC2)c(OC)c1.Cl.Cl. The molecule has 1 atom stereocenters. The standard InChI is InChI=1S/C17H22N2O2S.2ClH/c1-20-13-5-6-14(15(12-13)21-2)17(16-4-3-11-22-16)19-9-7-18-8-10-19;;/h3-6,11-12,17-18H,7-10H2,1-2H3;2*1H/t17-;;/m1../s1. The number of methoxy groups -OCH3 is 2. The van der Waals surface area contributed by atoms with E-state index in [0.29, 0.717) is 0 Å². The van der Waals surface area contributed by atoms with Gasteiger partial charge in [-0.25, -0.2) is 0 Å². The van der Waals surface area contributed by atoms with Crippen LogP contribution in [-0.4, -0.2) is 45.3 Å². The summed E-state index contributed by atoms with van der Waals surface area (Å²) in [7, 11) is 3.41. The normalized spacial score (nSPS) is 15.8. The molecule has 0 saturated carbocycles. The number of thiophene rings is 1. The van der Waals surface area contributed by atoms with Crippen LogP contribution < -0.4 is 14.8 Å². The predicted octanol–water partition coefficient (Wildman–Crippen LogP) is 3.60. The van der Waals surface area contributed by atoms with E-state index in [1.165, 1.54) is 10.4 Å². The first-order valence-corrected chi connectivity index (χ1v) is 8.41. The summed E-state index contributed by atoms with van der Waals surface area (Å²) < 4.78 is 11.0. The highest BCUT2D eigenvalue weighted by Crippen LogP contribution is 2.38. The first kappa shape index (κ1) is 21.1. The van der Waals surface area contributed by atoms with E-state index in [1.807, 2.05) is 12.1 Å². The molecule has 0 amide bonds. The van der Waals surface area contributed by atoms with Crippen molar-refractivity contribution in [3.63, 3.8) is 0 Å². The summed E-state index contributed by atoms with van der Waals surface area (Å²) in [5.74, 6) is 1.71. The summed E-state index contributed by atoms with van der Waals surface area (Å²) in [6.45, 7) is 4.14. The van der Waals surface area contributed by atoms with Gasteiger partial charge in [-0.1, -0.05) is 6.07 Å². The van der Waals surface area contributed by atoms with Gasteiger partial charge in [-0.3, -0.25) is 4.90 Å². The zero-order valence-corrected chi connectivity index (χ0v) is 16.3. The molecular formula is C17H24Cl2N2O2S. The van der Waals surface area contributed by atoms with Crippen LogP contribution in [0.3, 0.4) is 0 Å². The Bertz CT molecular complexity index is 605. The van der Waals surface area contributed by atoms with E-state index in [1.54, 1.807) is 25.6 Å². The van der Waals surface area contributed by atoms with Crippen LogP contribution in [0.2, 0.25) is 0 Å². The maximum atomic E-state index is 5.64. The minimum absolute atomic E-state index is 0. The van der Waals surface area contributed by atoms with Gasteiger partial charge in [0.2, 0.25) is 0 Å². The maximum absolute atomic E-state index is 5.64. The van der Waals surface area contributed by atoms with Crippen molar-refractivity contribution >= 4 is 36.2 Å². The van der Waals surface area contributed by atoms with Crippen LogP contribution in [0.25, 0.3) is 0 Å². The molecule has 134 valence electrons. The van der Waals surface area contributed by atoms with Gasteiger partial charge in [-0.05, 0) is 23.6 Å². The molecule has 1 aliphatic heterocycles. The van der Waals surface area contributed by atoms with E-state index in [2.05, 4.69) is 33.8 Å². The summed E-state index contributed by atoms with van der Waals surface area (Å²) in [5.41, 5.74) is 1.20. The van der Waals surface area contributed by atoms with Crippen LogP contribution in [-0.2, 0) is 0 Å². The van der Waals surface area contributed by atoms with Crippen LogP contribution in [0.4, 0.5) is 0 Å². The number of rotatable bonds is 5. The number of hydrogen-bond donors (Lipinski definition) is 1. The van der Waals surface area contributed by atoms with E-state index in [4.69, 9.17) is 9.47 Å². The lowest BCUT2D eigenvalue weighted by Crippen LogP contribution is -2.45. The van der Waals surface area contributed by atoms with E-state index in [-0.39, 0.29) is 30.9 Å². The predicted molar refractivity (Wildman–Crippen MR) is 105 cm³/mol. The highest BCUT2D eigenvalue weighted by Gasteiger charge is 2.27. The van der Waals surface area contributed by atoms with Gasteiger partial charge in [0.1, 0.15) is 11.5 Å². The van der Waals surface area contributed by atoms with Gasteiger partial charge >= 0.3 is 0 Å². The van der Waals surface area contributed by atoms with Gasteiger partial charge in [0, 0.05) is 42.7 Å². The Kier molecular flexibility index (Phi) is 8.87. The lowest BCUT2D eigenvalue weighted by Gasteiger charge is -2.35. The van der Waals surface area contributed by atoms with Crippen molar-refractivity contribution in [3.05, 3.63) is 46.2 Å². The molecule has 0 aliphatic carbocycles. The fourth-order valence-corrected chi connectivity index (χ4v) is 3.84. The van der Waals surface area contributed by atoms with E-state index in [0.717, 1.165) is 37.7 Å². The Morgan fingerprint density at radius 2 is 1.83 bits per heavy atom. The molecular weight excluding hydrogens is 367 g/mol. The van der Waals surface area contributed by atoms with Crippen molar-refractivity contribution in [1.82, 2.24) is 10.2 Å². The zero-order valence-electron chi connectivity index (χ0n) is 13.9. The van der Waals surface area contributed by atoms with Crippen molar-refractivity contribution in [2.24, 2.45) is 0 Å². The van der Waals surface area contributed by atoms with Crippen molar-refractivity contribution in [1.29, 1.82) is 0 Å². The van der Waals surface area contributed by atoms with Crippen LogP contribution in [0.1, 0.15) is 16.5 Å². The number of ether oxygens (including phenoxy) is 2. The molecule has 7 heteroatoms. The van der Waals surface area contributed by atoms with Crippen LogP contribution >= 0.6 is 36.2 Å². The van der Waals surface area contributed by atoms with Crippen molar-refractivity contribution in [2.45, 2.75) is 6.04 Å². The molecule has 0 spiro atoms. The highest BCUT2D eigenvalue weighted by molar-refractivity contribution is 7.10. The molecule has 1 fully saturated rings. The smallest absolute Gasteiger partial charge is 0.127 e. The summed E-state index contributed by atoms with van der Waals surface area (Å²) in [6.07, 6.45) is 0. The summed E-state index contributed by atoms with van der Waals surface area (Å²) >= 11 is 1.80. The molecule has 1 aromatic carbocycles. The third-order valence-corrected chi connectivity index (χ3v) is 4.99. The Morgan fingerprint density at radius 3 is 2.42 bits per heavy atom. The third-order valence-electron chi connectivity index (χ3n) is 4.06. The number of halogens is 2.